The Balaban J connectivity index is 2.04. The van der Waals surface area contributed by atoms with Crippen LogP contribution in [-0.4, -0.2) is 32.9 Å². The lowest BCUT2D eigenvalue weighted by molar-refractivity contribution is 0.457. The first-order chi connectivity index (χ1) is 7.84. The minimum Gasteiger partial charge on any atom is -0.316 e. The van der Waals surface area contributed by atoms with Crippen molar-refractivity contribution in [3.8, 4) is 0 Å². The van der Waals surface area contributed by atoms with Crippen molar-refractivity contribution in [2.45, 2.75) is 18.8 Å². The molecule has 0 aromatic carbocycles. The lowest BCUT2D eigenvalue weighted by atomic mass is 10.0. The van der Waals surface area contributed by atoms with Crippen LogP contribution in [0.25, 0.3) is 4.96 Å². The zero-order chi connectivity index (χ0) is 11.0. The van der Waals surface area contributed by atoms with Gasteiger partial charge in [0.1, 0.15) is 11.2 Å². The first-order valence-corrected chi connectivity index (χ1v) is 6.08. The molecule has 2 aromatic rings. The molecule has 1 fully saturated rings. The highest BCUT2D eigenvalue weighted by atomic mass is 32.1. The van der Waals surface area contributed by atoms with Crippen molar-refractivity contribution >= 4 is 16.3 Å². The van der Waals surface area contributed by atoms with Gasteiger partial charge in [-0.25, -0.2) is 0 Å². The Hall–Kier alpha value is -1.34. The molecule has 1 aliphatic heterocycles. The Bertz CT molecular complexity index is 556. The molecule has 0 saturated carbocycles. The van der Waals surface area contributed by atoms with E-state index in [1.54, 1.807) is 0 Å². The molecule has 3 rings (SSSR count). The number of piperidine rings is 1. The van der Waals surface area contributed by atoms with Crippen LogP contribution in [-0.2, 0) is 0 Å². The second-order valence-corrected chi connectivity index (χ2v) is 4.85. The lowest BCUT2D eigenvalue weighted by Gasteiger charge is -2.19. The number of hydrogen-bond donors (Lipinski definition) is 1. The summed E-state index contributed by atoms with van der Waals surface area (Å²) in [5, 5.41) is 16.2. The molecule has 1 atom stereocenters. The summed E-state index contributed by atoms with van der Waals surface area (Å²) in [6.45, 7) is 2.00. The van der Waals surface area contributed by atoms with Crippen molar-refractivity contribution in [3.05, 3.63) is 21.6 Å². The highest BCUT2D eigenvalue weighted by molar-refractivity contribution is 7.16. The maximum atomic E-state index is 11.5. The fourth-order valence-electron chi connectivity index (χ4n) is 1.91. The van der Waals surface area contributed by atoms with Crippen LogP contribution in [0.5, 0.6) is 0 Å². The predicted molar refractivity (Wildman–Crippen MR) is 59.8 cm³/mol. The third-order valence-corrected chi connectivity index (χ3v) is 3.80. The van der Waals surface area contributed by atoms with E-state index in [-0.39, 0.29) is 5.56 Å². The zero-order valence-electron chi connectivity index (χ0n) is 8.59. The Morgan fingerprint density at radius 1 is 1.56 bits per heavy atom. The minimum absolute atomic E-state index is 0.212. The highest BCUT2D eigenvalue weighted by Gasteiger charge is 2.19. The minimum atomic E-state index is -0.212. The van der Waals surface area contributed by atoms with E-state index in [2.05, 4.69) is 20.6 Å². The van der Waals surface area contributed by atoms with Gasteiger partial charge in [0.25, 0.3) is 5.56 Å². The van der Waals surface area contributed by atoms with Crippen LogP contribution in [0, 0.1) is 0 Å². The van der Waals surface area contributed by atoms with Gasteiger partial charge in [0.05, 0.1) is 0 Å². The molecular formula is C9H11N5OS. The van der Waals surface area contributed by atoms with Crippen molar-refractivity contribution in [2.24, 2.45) is 0 Å². The lowest BCUT2D eigenvalue weighted by Crippen LogP contribution is -2.28. The molecule has 6 nitrogen and oxygen atoms in total. The molecule has 0 aliphatic carbocycles. The summed E-state index contributed by atoms with van der Waals surface area (Å²) >= 11 is 1.46. The number of rotatable bonds is 1. The molecule has 1 aliphatic rings. The van der Waals surface area contributed by atoms with Gasteiger partial charge < -0.3 is 5.32 Å². The van der Waals surface area contributed by atoms with Crippen LogP contribution < -0.4 is 10.9 Å². The molecule has 0 bridgehead atoms. The summed E-state index contributed by atoms with van der Waals surface area (Å²) in [6.07, 6.45) is 3.46. The molecule has 7 heteroatoms. The van der Waals surface area contributed by atoms with Crippen LogP contribution in [0.15, 0.2) is 11.0 Å². The molecular weight excluding hydrogens is 226 g/mol. The molecule has 1 saturated heterocycles. The van der Waals surface area contributed by atoms with Crippen LogP contribution in [0.1, 0.15) is 23.8 Å². The fraction of sp³-hybridized carbons (Fsp3) is 0.556. The number of nitrogens with zero attached hydrogens (tertiary/aromatic N) is 4. The molecule has 2 aromatic heterocycles. The maximum Gasteiger partial charge on any atom is 0.293 e. The maximum absolute atomic E-state index is 11.5. The number of aromatic nitrogens is 4. The van der Waals surface area contributed by atoms with Crippen molar-refractivity contribution in [1.29, 1.82) is 0 Å². The van der Waals surface area contributed by atoms with E-state index in [1.807, 2.05) is 0 Å². The molecule has 1 unspecified atom stereocenters. The van der Waals surface area contributed by atoms with Crippen LogP contribution in [0.3, 0.4) is 0 Å². The Morgan fingerprint density at radius 3 is 3.25 bits per heavy atom. The third kappa shape index (κ3) is 1.61. The first-order valence-electron chi connectivity index (χ1n) is 5.27. The van der Waals surface area contributed by atoms with Crippen LogP contribution >= 0.6 is 11.3 Å². The molecule has 16 heavy (non-hydrogen) atoms. The van der Waals surface area contributed by atoms with Gasteiger partial charge in [-0.15, -0.1) is 5.10 Å². The van der Waals surface area contributed by atoms with E-state index in [9.17, 15) is 4.79 Å². The summed E-state index contributed by atoms with van der Waals surface area (Å²) < 4.78 is 1.33. The van der Waals surface area contributed by atoms with Crippen LogP contribution in [0.2, 0.25) is 0 Å². The van der Waals surface area contributed by atoms with Gasteiger partial charge in [-0.05, 0) is 19.4 Å². The van der Waals surface area contributed by atoms with Crippen LogP contribution in [0.4, 0.5) is 0 Å². The van der Waals surface area contributed by atoms with Gasteiger partial charge in [-0.1, -0.05) is 11.3 Å². The largest absolute Gasteiger partial charge is 0.316 e. The Kier molecular flexibility index (Phi) is 2.41. The molecule has 3 heterocycles. The topological polar surface area (TPSA) is 72.2 Å². The predicted octanol–water partition coefficient (Wildman–Crippen LogP) is 0.0130. The normalized spacial score (nSPS) is 21.4. The van der Waals surface area contributed by atoms with E-state index in [0.717, 1.165) is 30.9 Å². The van der Waals surface area contributed by atoms with Crippen molar-refractivity contribution in [1.82, 2.24) is 25.1 Å². The second-order valence-electron chi connectivity index (χ2n) is 3.86. The quantitative estimate of drug-likeness (QED) is 0.756. The fourth-order valence-corrected chi connectivity index (χ4v) is 2.90. The summed E-state index contributed by atoms with van der Waals surface area (Å²) in [7, 11) is 0. The Morgan fingerprint density at radius 2 is 2.50 bits per heavy atom. The monoisotopic (exact) mass is 237 g/mol. The number of fused-ring (bicyclic) bond motifs is 1. The van der Waals surface area contributed by atoms with E-state index in [0.29, 0.717) is 10.9 Å². The standard InChI is InChI=1S/C9H11N5OS/c15-7-5-11-12-9-14(7)13-8(16-9)6-2-1-3-10-4-6/h5-6,10H,1-4H2. The molecule has 84 valence electrons. The van der Waals surface area contributed by atoms with E-state index < -0.39 is 0 Å². The molecule has 0 spiro atoms. The van der Waals surface area contributed by atoms with Crippen molar-refractivity contribution in [2.75, 3.05) is 13.1 Å². The van der Waals surface area contributed by atoms with Crippen molar-refractivity contribution < 1.29 is 0 Å². The smallest absolute Gasteiger partial charge is 0.293 e. The number of hydrogen-bond acceptors (Lipinski definition) is 6. The van der Waals surface area contributed by atoms with E-state index >= 15 is 0 Å². The summed E-state index contributed by atoms with van der Waals surface area (Å²) in [5.41, 5.74) is -0.212. The molecule has 1 N–H and O–H groups in total. The average molecular weight is 237 g/mol. The van der Waals surface area contributed by atoms with E-state index in [1.165, 1.54) is 22.0 Å². The highest BCUT2D eigenvalue weighted by Crippen LogP contribution is 2.25. The Labute approximate surface area is 95.3 Å². The van der Waals surface area contributed by atoms with Crippen molar-refractivity contribution in [3.63, 3.8) is 0 Å². The van der Waals surface area contributed by atoms with Gasteiger partial charge in [-0.2, -0.15) is 14.7 Å². The van der Waals surface area contributed by atoms with E-state index in [4.69, 9.17) is 0 Å². The number of nitrogens with one attached hydrogen (secondary N) is 1. The third-order valence-electron chi connectivity index (χ3n) is 2.74. The molecule has 0 radical (unpaired) electrons. The summed E-state index contributed by atoms with van der Waals surface area (Å²) in [5.74, 6) is 0.403. The average Bonchev–Trinajstić information content (AvgIpc) is 2.76. The zero-order valence-corrected chi connectivity index (χ0v) is 9.40. The van der Waals surface area contributed by atoms with Gasteiger partial charge in [0.2, 0.25) is 4.96 Å². The first kappa shape index (κ1) is 9.86. The summed E-state index contributed by atoms with van der Waals surface area (Å²) in [4.78, 5) is 12.0. The van der Waals surface area contributed by atoms with Gasteiger partial charge in [-0.3, -0.25) is 4.79 Å². The van der Waals surface area contributed by atoms with Gasteiger partial charge in [0.15, 0.2) is 0 Å². The van der Waals surface area contributed by atoms with Gasteiger partial charge >= 0.3 is 0 Å². The SMILES string of the molecule is O=c1cnnc2sc(C3CCCNC3)nn12. The summed E-state index contributed by atoms with van der Waals surface area (Å²) in [6, 6.07) is 0. The second kappa shape index (κ2) is 3.91. The molecule has 0 amide bonds. The van der Waals surface area contributed by atoms with Gasteiger partial charge in [0, 0.05) is 12.5 Å².